The Hall–Kier alpha value is -2.30. The number of hydrogen-bond donors (Lipinski definition) is 0. The van der Waals surface area contributed by atoms with E-state index in [-0.39, 0.29) is 11.8 Å². The van der Waals surface area contributed by atoms with Crippen LogP contribution in [0.25, 0.3) is 10.9 Å². The van der Waals surface area contributed by atoms with Crippen LogP contribution in [0.15, 0.2) is 30.5 Å². The second-order valence-electron chi connectivity index (χ2n) is 7.67. The van der Waals surface area contributed by atoms with Crippen LogP contribution in [0.5, 0.6) is 0 Å². The molecule has 140 valence electrons. The maximum atomic E-state index is 12.8. The molecular weight excluding hydrogens is 326 g/mol. The molecule has 0 saturated carbocycles. The van der Waals surface area contributed by atoms with Gasteiger partial charge in [0.1, 0.15) is 0 Å². The third kappa shape index (κ3) is 4.09. The van der Waals surface area contributed by atoms with E-state index in [4.69, 9.17) is 0 Å². The van der Waals surface area contributed by atoms with Gasteiger partial charge < -0.3 is 14.4 Å². The van der Waals surface area contributed by atoms with Gasteiger partial charge in [0.15, 0.2) is 0 Å². The van der Waals surface area contributed by atoms with Crippen molar-refractivity contribution in [3.63, 3.8) is 0 Å². The average molecular weight is 355 g/mol. The first-order chi connectivity index (χ1) is 12.5. The predicted octanol–water partition coefficient (Wildman–Crippen LogP) is 2.83. The number of nitrogens with zero attached hydrogens (tertiary/aromatic N) is 3. The molecule has 5 nitrogen and oxygen atoms in total. The van der Waals surface area contributed by atoms with E-state index in [9.17, 15) is 9.59 Å². The van der Waals surface area contributed by atoms with Gasteiger partial charge >= 0.3 is 0 Å². The Bertz CT molecular complexity index is 794. The maximum absolute atomic E-state index is 12.8. The Morgan fingerprint density at radius 3 is 2.35 bits per heavy atom. The number of benzene rings is 1. The minimum Gasteiger partial charge on any atom is -0.350 e. The van der Waals surface area contributed by atoms with Crippen LogP contribution in [0, 0.1) is 5.92 Å². The number of aromatic nitrogens is 1. The number of para-hydroxylation sites is 1. The molecule has 2 heterocycles. The Kier molecular flexibility index (Phi) is 5.64. The number of hydrogen-bond acceptors (Lipinski definition) is 2. The molecule has 0 N–H and O–H groups in total. The fourth-order valence-electron chi connectivity index (χ4n) is 3.74. The van der Waals surface area contributed by atoms with Gasteiger partial charge in [-0.3, -0.25) is 9.59 Å². The van der Waals surface area contributed by atoms with Gasteiger partial charge in [-0.1, -0.05) is 32.0 Å². The molecule has 2 aromatic rings. The van der Waals surface area contributed by atoms with E-state index < -0.39 is 0 Å². The molecule has 1 aromatic carbocycles. The zero-order valence-electron chi connectivity index (χ0n) is 16.1. The largest absolute Gasteiger partial charge is 0.350 e. The normalized spacial score (nSPS) is 15.5. The summed E-state index contributed by atoms with van der Waals surface area (Å²) in [4.78, 5) is 29.0. The molecule has 5 heteroatoms. The van der Waals surface area contributed by atoms with Crippen molar-refractivity contribution in [2.45, 2.75) is 33.1 Å². The molecule has 1 aliphatic rings. The molecule has 0 bridgehead atoms. The Morgan fingerprint density at radius 1 is 1.00 bits per heavy atom. The van der Waals surface area contributed by atoms with Crippen molar-refractivity contribution in [3.8, 4) is 0 Å². The van der Waals surface area contributed by atoms with E-state index in [1.54, 1.807) is 0 Å². The van der Waals surface area contributed by atoms with Gasteiger partial charge in [0.05, 0.1) is 6.42 Å². The Balaban J connectivity index is 1.64. The van der Waals surface area contributed by atoms with Crippen LogP contribution in [0.3, 0.4) is 0 Å². The number of carbonyl (C=O) groups is 2. The van der Waals surface area contributed by atoms with Gasteiger partial charge in [-0.25, -0.2) is 0 Å². The summed E-state index contributed by atoms with van der Waals surface area (Å²) in [5.41, 5.74) is 2.22. The molecule has 0 radical (unpaired) electrons. The minimum atomic E-state index is 0.152. The van der Waals surface area contributed by atoms with Gasteiger partial charge in [0.2, 0.25) is 11.8 Å². The average Bonchev–Trinajstić information content (AvgIpc) is 2.78. The van der Waals surface area contributed by atoms with Crippen LogP contribution in [-0.2, 0) is 23.1 Å². The Labute approximate surface area is 155 Å². The lowest BCUT2D eigenvalue weighted by atomic mass is 10.1. The summed E-state index contributed by atoms with van der Waals surface area (Å²) in [7, 11) is 2.01. The maximum Gasteiger partial charge on any atom is 0.227 e. The van der Waals surface area contributed by atoms with Gasteiger partial charge in [-0.05, 0) is 24.0 Å². The highest BCUT2D eigenvalue weighted by Crippen LogP contribution is 2.21. The van der Waals surface area contributed by atoms with E-state index in [1.807, 2.05) is 29.0 Å². The summed E-state index contributed by atoms with van der Waals surface area (Å²) < 4.78 is 2.08. The van der Waals surface area contributed by atoms with Gasteiger partial charge in [0.25, 0.3) is 0 Å². The second kappa shape index (κ2) is 7.94. The lowest BCUT2D eigenvalue weighted by Gasteiger charge is -2.23. The zero-order valence-corrected chi connectivity index (χ0v) is 16.1. The first kappa shape index (κ1) is 18.5. The van der Waals surface area contributed by atoms with Crippen LogP contribution in [0.2, 0.25) is 0 Å². The molecule has 1 saturated heterocycles. The third-order valence-electron chi connectivity index (χ3n) is 5.11. The SMILES string of the molecule is CC(C)CC(=O)N1CCCN(C(=O)Cc2cn(C)c3ccccc23)CC1. The third-order valence-corrected chi connectivity index (χ3v) is 5.11. The molecule has 1 aliphatic heterocycles. The van der Waals surface area contributed by atoms with Crippen molar-refractivity contribution in [3.05, 3.63) is 36.0 Å². The van der Waals surface area contributed by atoms with Crippen molar-refractivity contribution in [1.82, 2.24) is 14.4 Å². The van der Waals surface area contributed by atoms with E-state index in [0.717, 1.165) is 36.0 Å². The highest BCUT2D eigenvalue weighted by molar-refractivity contribution is 5.89. The van der Waals surface area contributed by atoms with Gasteiger partial charge in [-0.15, -0.1) is 0 Å². The van der Waals surface area contributed by atoms with Crippen LogP contribution >= 0.6 is 0 Å². The molecular formula is C21H29N3O2. The van der Waals surface area contributed by atoms with Gasteiger partial charge in [0, 0.05) is 56.7 Å². The van der Waals surface area contributed by atoms with Crippen LogP contribution in [-0.4, -0.2) is 52.4 Å². The molecule has 0 atom stereocenters. The Morgan fingerprint density at radius 2 is 1.65 bits per heavy atom. The van der Waals surface area contributed by atoms with E-state index in [1.165, 1.54) is 0 Å². The summed E-state index contributed by atoms with van der Waals surface area (Å²) in [6.45, 7) is 6.89. The topological polar surface area (TPSA) is 45.6 Å². The molecule has 1 fully saturated rings. The first-order valence-electron chi connectivity index (χ1n) is 9.54. The smallest absolute Gasteiger partial charge is 0.227 e. The summed E-state index contributed by atoms with van der Waals surface area (Å²) in [5.74, 6) is 0.734. The standard InChI is InChI=1S/C21H29N3O2/c1-16(2)13-20(25)23-9-6-10-24(12-11-23)21(26)14-17-15-22(3)19-8-5-4-7-18(17)19/h4-5,7-8,15-16H,6,9-14H2,1-3H3. The quantitative estimate of drug-likeness (QED) is 0.847. The zero-order chi connectivity index (χ0) is 18.7. The lowest BCUT2D eigenvalue weighted by Crippen LogP contribution is -2.38. The number of carbonyl (C=O) groups excluding carboxylic acids is 2. The number of rotatable bonds is 4. The molecule has 0 unspecified atom stereocenters. The second-order valence-corrected chi connectivity index (χ2v) is 7.67. The van der Waals surface area contributed by atoms with Crippen molar-refractivity contribution < 1.29 is 9.59 Å². The van der Waals surface area contributed by atoms with E-state index in [2.05, 4.69) is 36.7 Å². The first-order valence-corrected chi connectivity index (χ1v) is 9.54. The molecule has 0 aliphatic carbocycles. The number of aryl methyl sites for hydroxylation is 1. The van der Waals surface area contributed by atoms with Gasteiger partial charge in [-0.2, -0.15) is 0 Å². The number of amides is 2. The van der Waals surface area contributed by atoms with E-state index in [0.29, 0.717) is 31.8 Å². The summed E-state index contributed by atoms with van der Waals surface area (Å²) in [5, 5.41) is 1.15. The van der Waals surface area contributed by atoms with Crippen molar-refractivity contribution in [2.24, 2.45) is 13.0 Å². The highest BCUT2D eigenvalue weighted by Gasteiger charge is 2.23. The van der Waals surface area contributed by atoms with Crippen LogP contribution in [0.4, 0.5) is 0 Å². The van der Waals surface area contributed by atoms with Crippen molar-refractivity contribution >= 4 is 22.7 Å². The summed E-state index contributed by atoms with van der Waals surface area (Å²) in [6, 6.07) is 8.19. The van der Waals surface area contributed by atoms with Crippen molar-refractivity contribution in [2.75, 3.05) is 26.2 Å². The van der Waals surface area contributed by atoms with Crippen molar-refractivity contribution in [1.29, 1.82) is 0 Å². The van der Waals surface area contributed by atoms with Crippen LogP contribution in [0.1, 0.15) is 32.3 Å². The molecule has 0 spiro atoms. The molecule has 2 amide bonds. The summed E-state index contributed by atoms with van der Waals surface area (Å²) in [6.07, 6.45) is 3.91. The fraction of sp³-hybridized carbons (Fsp3) is 0.524. The monoisotopic (exact) mass is 355 g/mol. The predicted molar refractivity (Wildman–Crippen MR) is 104 cm³/mol. The molecule has 3 rings (SSSR count). The molecule has 26 heavy (non-hydrogen) atoms. The lowest BCUT2D eigenvalue weighted by molar-refractivity contribution is -0.133. The van der Waals surface area contributed by atoms with E-state index >= 15 is 0 Å². The van der Waals surface area contributed by atoms with Crippen LogP contribution < -0.4 is 0 Å². The molecule has 1 aromatic heterocycles. The number of fused-ring (bicyclic) bond motifs is 1. The fourth-order valence-corrected chi connectivity index (χ4v) is 3.74. The minimum absolute atomic E-state index is 0.152. The highest BCUT2D eigenvalue weighted by atomic mass is 16.2. The summed E-state index contributed by atoms with van der Waals surface area (Å²) >= 11 is 0.